The second kappa shape index (κ2) is 7.88. The van der Waals surface area contributed by atoms with Gasteiger partial charge >= 0.3 is 0 Å². The molecule has 6 heteroatoms. The first-order valence-electron chi connectivity index (χ1n) is 7.71. The first-order chi connectivity index (χ1) is 11.8. The van der Waals surface area contributed by atoms with Crippen molar-refractivity contribution in [3.05, 3.63) is 60.4 Å². The molecular formula is C18H19N3O2S. The van der Waals surface area contributed by atoms with Gasteiger partial charge in [-0.2, -0.15) is 0 Å². The molecule has 2 aromatic heterocycles. The normalized spacial score (nSPS) is 10.7. The topological polar surface area (TPSA) is 55.6 Å². The van der Waals surface area contributed by atoms with Gasteiger partial charge in [-0.05, 0) is 30.2 Å². The zero-order valence-electron chi connectivity index (χ0n) is 13.4. The van der Waals surface area contributed by atoms with Gasteiger partial charge in [-0.1, -0.05) is 36.0 Å². The summed E-state index contributed by atoms with van der Waals surface area (Å²) >= 11 is 1.43. The molecule has 0 radical (unpaired) electrons. The van der Waals surface area contributed by atoms with Crippen molar-refractivity contribution in [3.63, 3.8) is 0 Å². The van der Waals surface area contributed by atoms with E-state index in [1.54, 1.807) is 7.11 Å². The average Bonchev–Trinajstić information content (AvgIpc) is 3.03. The highest BCUT2D eigenvalue weighted by molar-refractivity contribution is 7.99. The average molecular weight is 341 g/mol. The molecule has 0 saturated heterocycles. The maximum atomic E-state index is 12.0. The van der Waals surface area contributed by atoms with Crippen LogP contribution in [0, 0.1) is 0 Å². The third-order valence-corrected chi connectivity index (χ3v) is 4.61. The van der Waals surface area contributed by atoms with Crippen molar-refractivity contribution in [1.82, 2.24) is 14.7 Å². The van der Waals surface area contributed by atoms with Crippen LogP contribution in [0.2, 0.25) is 0 Å². The second-order valence-electron chi connectivity index (χ2n) is 5.24. The van der Waals surface area contributed by atoms with E-state index in [1.165, 1.54) is 11.8 Å². The second-order valence-corrected chi connectivity index (χ2v) is 6.18. The van der Waals surface area contributed by atoms with Gasteiger partial charge in [0.05, 0.1) is 24.6 Å². The molecule has 0 aliphatic rings. The zero-order chi connectivity index (χ0) is 16.8. The van der Waals surface area contributed by atoms with Crippen LogP contribution in [0.1, 0.15) is 5.56 Å². The number of benzene rings is 1. The van der Waals surface area contributed by atoms with Crippen molar-refractivity contribution < 1.29 is 9.53 Å². The fraction of sp³-hybridized carbons (Fsp3) is 0.222. The Morgan fingerprint density at radius 3 is 2.96 bits per heavy atom. The molecule has 1 N–H and O–H groups in total. The number of rotatable bonds is 7. The number of imidazole rings is 1. The summed E-state index contributed by atoms with van der Waals surface area (Å²) < 4.78 is 7.29. The predicted molar refractivity (Wildman–Crippen MR) is 95.6 cm³/mol. The first kappa shape index (κ1) is 16.4. The summed E-state index contributed by atoms with van der Waals surface area (Å²) in [6.45, 7) is 0.585. The number of carbonyl (C=O) groups excluding carboxylic acids is 1. The van der Waals surface area contributed by atoms with Gasteiger partial charge in [0.25, 0.3) is 0 Å². The van der Waals surface area contributed by atoms with Gasteiger partial charge in [0.15, 0.2) is 5.16 Å². The Labute approximate surface area is 145 Å². The van der Waals surface area contributed by atoms with Crippen LogP contribution >= 0.6 is 11.8 Å². The number of para-hydroxylation sites is 1. The van der Waals surface area contributed by atoms with Gasteiger partial charge < -0.3 is 10.1 Å². The van der Waals surface area contributed by atoms with Gasteiger partial charge in [-0.25, -0.2) is 4.98 Å². The van der Waals surface area contributed by atoms with E-state index in [9.17, 15) is 4.79 Å². The molecule has 24 heavy (non-hydrogen) atoms. The number of methoxy groups -OCH3 is 1. The van der Waals surface area contributed by atoms with E-state index in [0.717, 1.165) is 28.4 Å². The van der Waals surface area contributed by atoms with Crippen molar-refractivity contribution in [3.8, 4) is 5.75 Å². The number of amides is 1. The Kier molecular flexibility index (Phi) is 5.38. The zero-order valence-corrected chi connectivity index (χ0v) is 14.3. The van der Waals surface area contributed by atoms with Crippen molar-refractivity contribution in [2.75, 3.05) is 19.4 Å². The lowest BCUT2D eigenvalue weighted by atomic mass is 10.1. The van der Waals surface area contributed by atoms with E-state index < -0.39 is 0 Å². The molecule has 124 valence electrons. The van der Waals surface area contributed by atoms with Crippen LogP contribution in [0.4, 0.5) is 0 Å². The van der Waals surface area contributed by atoms with Crippen molar-refractivity contribution >= 4 is 23.2 Å². The number of nitrogens with one attached hydrogen (secondary N) is 1. The van der Waals surface area contributed by atoms with Gasteiger partial charge in [0.2, 0.25) is 5.91 Å². The minimum absolute atomic E-state index is 0.00239. The van der Waals surface area contributed by atoms with Crippen LogP contribution in [-0.2, 0) is 11.2 Å². The van der Waals surface area contributed by atoms with E-state index >= 15 is 0 Å². The lowest BCUT2D eigenvalue weighted by Crippen LogP contribution is -2.27. The van der Waals surface area contributed by atoms with Crippen LogP contribution in [0.3, 0.4) is 0 Å². The van der Waals surface area contributed by atoms with Crippen LogP contribution in [0.25, 0.3) is 5.52 Å². The molecule has 0 aliphatic heterocycles. The number of thioether (sulfide) groups is 1. The Morgan fingerprint density at radius 1 is 1.25 bits per heavy atom. The van der Waals surface area contributed by atoms with Crippen molar-refractivity contribution in [2.24, 2.45) is 0 Å². The summed E-state index contributed by atoms with van der Waals surface area (Å²) in [7, 11) is 1.66. The van der Waals surface area contributed by atoms with Gasteiger partial charge in [0.1, 0.15) is 5.75 Å². The Hall–Kier alpha value is -2.47. The molecule has 0 unspecified atom stereocenters. The summed E-state index contributed by atoms with van der Waals surface area (Å²) in [6.07, 6.45) is 4.50. The molecule has 5 nitrogen and oxygen atoms in total. The van der Waals surface area contributed by atoms with Gasteiger partial charge in [0, 0.05) is 12.7 Å². The Balaban J connectivity index is 1.48. The number of pyridine rings is 1. The molecule has 0 spiro atoms. The molecular weight excluding hydrogens is 322 g/mol. The molecule has 0 fully saturated rings. The van der Waals surface area contributed by atoms with E-state index in [1.807, 2.05) is 59.3 Å². The van der Waals surface area contributed by atoms with Crippen LogP contribution in [0.15, 0.2) is 60.0 Å². The summed E-state index contributed by atoms with van der Waals surface area (Å²) in [5.74, 6) is 1.20. The monoisotopic (exact) mass is 341 g/mol. The highest BCUT2D eigenvalue weighted by atomic mass is 32.2. The third kappa shape index (κ3) is 3.89. The van der Waals surface area contributed by atoms with Crippen molar-refractivity contribution in [1.29, 1.82) is 0 Å². The van der Waals surface area contributed by atoms with Crippen molar-refractivity contribution in [2.45, 2.75) is 11.6 Å². The van der Waals surface area contributed by atoms with Crippen LogP contribution in [0.5, 0.6) is 5.75 Å². The van der Waals surface area contributed by atoms with E-state index in [-0.39, 0.29) is 5.91 Å². The molecule has 0 aliphatic carbocycles. The smallest absolute Gasteiger partial charge is 0.230 e. The highest BCUT2D eigenvalue weighted by Crippen LogP contribution is 2.18. The van der Waals surface area contributed by atoms with Gasteiger partial charge in [-0.3, -0.25) is 9.20 Å². The lowest BCUT2D eigenvalue weighted by molar-refractivity contribution is -0.118. The fourth-order valence-electron chi connectivity index (χ4n) is 2.45. The number of aromatic nitrogens is 2. The number of ether oxygens (including phenoxy) is 1. The molecule has 1 aromatic carbocycles. The summed E-state index contributed by atoms with van der Waals surface area (Å²) in [6, 6.07) is 13.8. The minimum atomic E-state index is 0.00239. The molecule has 0 bridgehead atoms. The third-order valence-electron chi connectivity index (χ3n) is 3.65. The SMILES string of the molecule is COc1ccccc1CCNC(=O)CSc1ncc2ccccn12. The molecule has 3 rings (SSSR count). The number of nitrogens with zero attached hydrogens (tertiary/aromatic N) is 2. The summed E-state index contributed by atoms with van der Waals surface area (Å²) in [5.41, 5.74) is 2.11. The molecule has 0 saturated carbocycles. The lowest BCUT2D eigenvalue weighted by Gasteiger charge is -2.09. The first-order valence-corrected chi connectivity index (χ1v) is 8.70. The van der Waals surface area contributed by atoms with E-state index in [4.69, 9.17) is 4.74 Å². The molecule has 0 atom stereocenters. The van der Waals surface area contributed by atoms with E-state index in [0.29, 0.717) is 12.3 Å². The molecule has 3 aromatic rings. The summed E-state index contributed by atoms with van der Waals surface area (Å²) in [4.78, 5) is 16.4. The molecule has 1 amide bonds. The minimum Gasteiger partial charge on any atom is -0.496 e. The molecule has 2 heterocycles. The number of carbonyl (C=O) groups is 1. The quantitative estimate of drug-likeness (QED) is 0.672. The van der Waals surface area contributed by atoms with Gasteiger partial charge in [-0.15, -0.1) is 0 Å². The maximum Gasteiger partial charge on any atom is 0.230 e. The Morgan fingerprint density at radius 2 is 2.08 bits per heavy atom. The predicted octanol–water partition coefficient (Wildman–Crippen LogP) is 2.79. The van der Waals surface area contributed by atoms with Crippen LogP contribution < -0.4 is 10.1 Å². The number of hydrogen-bond donors (Lipinski definition) is 1. The standard InChI is InChI=1S/C18H19N3O2S/c1-23-16-8-3-2-6-14(16)9-10-19-17(22)13-24-18-20-12-15-7-4-5-11-21(15)18/h2-8,11-12H,9-10,13H2,1H3,(H,19,22). The number of fused-ring (bicyclic) bond motifs is 1. The largest absolute Gasteiger partial charge is 0.496 e. The Bertz CT molecular complexity index is 832. The summed E-state index contributed by atoms with van der Waals surface area (Å²) in [5, 5.41) is 3.77. The van der Waals surface area contributed by atoms with Crippen LogP contribution in [-0.4, -0.2) is 34.7 Å². The number of hydrogen-bond acceptors (Lipinski definition) is 4. The highest BCUT2D eigenvalue weighted by Gasteiger charge is 2.08. The fourth-order valence-corrected chi connectivity index (χ4v) is 3.25. The van der Waals surface area contributed by atoms with E-state index in [2.05, 4.69) is 10.3 Å². The maximum absolute atomic E-state index is 12.0.